The van der Waals surface area contributed by atoms with Crippen LogP contribution in [0.5, 0.6) is 0 Å². The first-order chi connectivity index (χ1) is 9.69. The van der Waals surface area contributed by atoms with Gasteiger partial charge in [-0.2, -0.15) is 5.26 Å². The summed E-state index contributed by atoms with van der Waals surface area (Å²) in [6.07, 6.45) is 1.15. The van der Waals surface area contributed by atoms with Gasteiger partial charge in [-0.25, -0.2) is 0 Å². The van der Waals surface area contributed by atoms with Gasteiger partial charge in [0, 0.05) is 11.3 Å². The number of carbonyl (C=O) groups is 1. The zero-order chi connectivity index (χ0) is 14.4. The van der Waals surface area contributed by atoms with Gasteiger partial charge in [0.2, 0.25) is 5.91 Å². The van der Waals surface area contributed by atoms with E-state index in [4.69, 9.17) is 5.26 Å². The summed E-state index contributed by atoms with van der Waals surface area (Å²) in [6.45, 7) is 1.99. The number of amides is 1. The first kappa shape index (κ1) is 14.3. The summed E-state index contributed by atoms with van der Waals surface area (Å²) in [6, 6.07) is 13.5. The molecule has 1 aromatic heterocycles. The summed E-state index contributed by atoms with van der Waals surface area (Å²) in [7, 11) is 0. The van der Waals surface area contributed by atoms with Crippen LogP contribution < -0.4 is 5.32 Å². The monoisotopic (exact) mass is 284 g/mol. The summed E-state index contributed by atoms with van der Waals surface area (Å²) in [5.74, 6) is 0.0512. The van der Waals surface area contributed by atoms with E-state index in [1.807, 2.05) is 36.6 Å². The molecule has 0 unspecified atom stereocenters. The molecule has 2 rings (SSSR count). The molecular formula is C16H16N2OS. The fraction of sp³-hybridized carbons (Fsp3) is 0.250. The first-order valence-electron chi connectivity index (χ1n) is 6.51. The van der Waals surface area contributed by atoms with Crippen LogP contribution in [0.15, 0.2) is 41.8 Å². The molecule has 0 aliphatic rings. The second-order valence-corrected chi connectivity index (χ2v) is 5.59. The highest BCUT2D eigenvalue weighted by atomic mass is 32.1. The molecule has 102 valence electrons. The van der Waals surface area contributed by atoms with Crippen LogP contribution in [0.25, 0.3) is 0 Å². The maximum Gasteiger partial charge on any atom is 0.220 e. The van der Waals surface area contributed by atoms with E-state index in [2.05, 4.69) is 11.4 Å². The Balaban J connectivity index is 1.81. The van der Waals surface area contributed by atoms with Crippen LogP contribution >= 0.6 is 11.3 Å². The molecule has 0 saturated heterocycles. The molecular weight excluding hydrogens is 268 g/mol. The van der Waals surface area contributed by atoms with Crippen molar-refractivity contribution in [1.29, 1.82) is 5.26 Å². The lowest BCUT2D eigenvalue weighted by molar-refractivity contribution is -0.121. The molecule has 0 spiro atoms. The highest BCUT2D eigenvalue weighted by Gasteiger charge is 2.10. The minimum absolute atomic E-state index is 0.0512. The van der Waals surface area contributed by atoms with E-state index in [0.717, 1.165) is 10.4 Å². The van der Waals surface area contributed by atoms with Crippen LogP contribution in [0, 0.1) is 11.3 Å². The molecule has 0 aliphatic heterocycles. The highest BCUT2D eigenvalue weighted by Crippen LogP contribution is 2.18. The Morgan fingerprint density at radius 1 is 1.35 bits per heavy atom. The Morgan fingerprint density at radius 3 is 2.70 bits per heavy atom. The second kappa shape index (κ2) is 6.88. The number of hydrogen-bond donors (Lipinski definition) is 1. The zero-order valence-electron chi connectivity index (χ0n) is 11.3. The SMILES string of the molecule is C[C@@H](NC(=O)CCc1ccc(C#N)cc1)c1cccs1. The van der Waals surface area contributed by atoms with Crippen molar-refractivity contribution in [2.75, 3.05) is 0 Å². The Hall–Kier alpha value is -2.12. The second-order valence-electron chi connectivity index (χ2n) is 4.61. The number of thiophene rings is 1. The number of aryl methyl sites for hydroxylation is 1. The van der Waals surface area contributed by atoms with Gasteiger partial charge >= 0.3 is 0 Å². The summed E-state index contributed by atoms with van der Waals surface area (Å²) in [5, 5.41) is 13.7. The van der Waals surface area contributed by atoms with Gasteiger partial charge in [0.25, 0.3) is 0 Å². The number of nitriles is 1. The number of hydrogen-bond acceptors (Lipinski definition) is 3. The van der Waals surface area contributed by atoms with E-state index in [1.54, 1.807) is 23.5 Å². The lowest BCUT2D eigenvalue weighted by Crippen LogP contribution is -2.26. The van der Waals surface area contributed by atoms with Crippen LogP contribution in [-0.2, 0) is 11.2 Å². The fourth-order valence-electron chi connectivity index (χ4n) is 1.93. The standard InChI is InChI=1S/C16H16N2OS/c1-12(15-3-2-10-20-15)18-16(19)9-8-13-4-6-14(11-17)7-5-13/h2-7,10,12H,8-9H2,1H3,(H,18,19)/t12-/m1/s1. The highest BCUT2D eigenvalue weighted by molar-refractivity contribution is 7.10. The normalized spacial score (nSPS) is 11.6. The largest absolute Gasteiger partial charge is 0.349 e. The van der Waals surface area contributed by atoms with Crippen molar-refractivity contribution in [3.8, 4) is 6.07 Å². The molecule has 0 fully saturated rings. The van der Waals surface area contributed by atoms with E-state index in [9.17, 15) is 4.79 Å². The number of carbonyl (C=O) groups excluding carboxylic acids is 1. The van der Waals surface area contributed by atoms with Crippen LogP contribution in [-0.4, -0.2) is 5.91 Å². The van der Waals surface area contributed by atoms with Gasteiger partial charge < -0.3 is 5.32 Å². The Labute approximate surface area is 122 Å². The smallest absolute Gasteiger partial charge is 0.220 e. The van der Waals surface area contributed by atoms with Gasteiger partial charge in [-0.05, 0) is 42.5 Å². The molecule has 0 saturated carbocycles. The summed E-state index contributed by atoms with van der Waals surface area (Å²) in [4.78, 5) is 13.0. The number of rotatable bonds is 5. The zero-order valence-corrected chi connectivity index (χ0v) is 12.1. The lowest BCUT2D eigenvalue weighted by atomic mass is 10.1. The molecule has 1 heterocycles. The van der Waals surface area contributed by atoms with Crippen molar-refractivity contribution < 1.29 is 4.79 Å². The topological polar surface area (TPSA) is 52.9 Å². The van der Waals surface area contributed by atoms with Crippen LogP contribution in [0.3, 0.4) is 0 Å². The third-order valence-corrected chi connectivity index (χ3v) is 4.13. The van der Waals surface area contributed by atoms with Crippen LogP contribution in [0.2, 0.25) is 0 Å². The predicted octanol–water partition coefficient (Wildman–Crippen LogP) is 3.43. The lowest BCUT2D eigenvalue weighted by Gasteiger charge is -2.12. The van der Waals surface area contributed by atoms with Crippen LogP contribution in [0.1, 0.15) is 35.4 Å². The molecule has 2 aromatic rings. The van der Waals surface area contributed by atoms with E-state index >= 15 is 0 Å². The minimum Gasteiger partial charge on any atom is -0.349 e. The molecule has 1 aromatic carbocycles. The molecule has 0 bridgehead atoms. The number of benzene rings is 1. The van der Waals surface area contributed by atoms with Crippen molar-refractivity contribution in [2.24, 2.45) is 0 Å². The molecule has 0 radical (unpaired) electrons. The number of nitrogens with zero attached hydrogens (tertiary/aromatic N) is 1. The fourth-order valence-corrected chi connectivity index (χ4v) is 2.66. The van der Waals surface area contributed by atoms with Crippen molar-refractivity contribution in [3.63, 3.8) is 0 Å². The van der Waals surface area contributed by atoms with Crippen molar-refractivity contribution in [2.45, 2.75) is 25.8 Å². The van der Waals surface area contributed by atoms with E-state index in [-0.39, 0.29) is 11.9 Å². The molecule has 20 heavy (non-hydrogen) atoms. The van der Waals surface area contributed by atoms with Gasteiger partial charge in [0.15, 0.2) is 0 Å². The first-order valence-corrected chi connectivity index (χ1v) is 7.39. The van der Waals surface area contributed by atoms with Gasteiger partial charge in [0.05, 0.1) is 17.7 Å². The molecule has 0 aliphatic carbocycles. The number of nitrogens with one attached hydrogen (secondary N) is 1. The Bertz CT molecular complexity index is 596. The van der Waals surface area contributed by atoms with Gasteiger partial charge in [0.1, 0.15) is 0 Å². The van der Waals surface area contributed by atoms with Crippen molar-refractivity contribution in [1.82, 2.24) is 5.32 Å². The molecule has 4 heteroatoms. The van der Waals surface area contributed by atoms with Crippen molar-refractivity contribution >= 4 is 17.2 Å². The summed E-state index contributed by atoms with van der Waals surface area (Å²) < 4.78 is 0. The average Bonchev–Trinajstić information content (AvgIpc) is 3.00. The summed E-state index contributed by atoms with van der Waals surface area (Å²) in [5.41, 5.74) is 1.72. The maximum atomic E-state index is 11.9. The maximum absolute atomic E-state index is 11.9. The molecule has 1 amide bonds. The third-order valence-electron chi connectivity index (χ3n) is 3.07. The van der Waals surface area contributed by atoms with E-state index in [0.29, 0.717) is 18.4 Å². The molecule has 1 N–H and O–H groups in total. The third kappa shape index (κ3) is 3.94. The van der Waals surface area contributed by atoms with E-state index in [1.165, 1.54) is 0 Å². The Morgan fingerprint density at radius 2 is 2.10 bits per heavy atom. The van der Waals surface area contributed by atoms with Gasteiger partial charge in [-0.15, -0.1) is 11.3 Å². The Kier molecular flexibility index (Phi) is 4.91. The van der Waals surface area contributed by atoms with Gasteiger partial charge in [-0.3, -0.25) is 4.79 Å². The average molecular weight is 284 g/mol. The molecule has 1 atom stereocenters. The summed E-state index contributed by atoms with van der Waals surface area (Å²) >= 11 is 1.65. The van der Waals surface area contributed by atoms with Gasteiger partial charge in [-0.1, -0.05) is 18.2 Å². The van der Waals surface area contributed by atoms with E-state index < -0.39 is 0 Å². The van der Waals surface area contributed by atoms with Crippen LogP contribution in [0.4, 0.5) is 0 Å². The quantitative estimate of drug-likeness (QED) is 0.914. The molecule has 3 nitrogen and oxygen atoms in total. The van der Waals surface area contributed by atoms with Crippen molar-refractivity contribution in [3.05, 3.63) is 57.8 Å². The minimum atomic E-state index is 0.0512. The predicted molar refractivity (Wildman–Crippen MR) is 80.4 cm³/mol.